The molecule has 0 aromatic carbocycles. The molecule has 0 fully saturated rings. The van der Waals surface area contributed by atoms with Gasteiger partial charge in [-0.1, -0.05) is 19.9 Å². The summed E-state index contributed by atoms with van der Waals surface area (Å²) in [7, 11) is 1.70. The van der Waals surface area contributed by atoms with Gasteiger partial charge in [-0.05, 0) is 31.4 Å². The van der Waals surface area contributed by atoms with E-state index in [0.717, 1.165) is 24.2 Å². The molecule has 0 aliphatic rings. The Morgan fingerprint density at radius 1 is 1.36 bits per heavy atom. The third-order valence-corrected chi connectivity index (χ3v) is 1.53. The topological polar surface area (TPSA) is 9.23 Å². The second-order valence-corrected chi connectivity index (χ2v) is 2.89. The van der Waals surface area contributed by atoms with Gasteiger partial charge in [-0.3, -0.25) is 0 Å². The van der Waals surface area contributed by atoms with E-state index in [2.05, 4.69) is 13.5 Å². The van der Waals surface area contributed by atoms with Crippen LogP contribution >= 0.6 is 0 Å². The van der Waals surface area contributed by atoms with Gasteiger partial charge in [-0.2, -0.15) is 0 Å². The molecule has 0 amide bonds. The first-order valence-corrected chi connectivity index (χ1v) is 4.03. The van der Waals surface area contributed by atoms with E-state index in [4.69, 9.17) is 4.74 Å². The van der Waals surface area contributed by atoms with Crippen molar-refractivity contribution in [1.82, 2.24) is 0 Å². The third-order valence-electron chi connectivity index (χ3n) is 1.53. The van der Waals surface area contributed by atoms with Crippen LogP contribution in [0.2, 0.25) is 0 Å². The maximum Gasteiger partial charge on any atom is 0.120 e. The van der Waals surface area contributed by atoms with E-state index in [0.29, 0.717) is 0 Å². The molecule has 0 aromatic rings. The van der Waals surface area contributed by atoms with Crippen LogP contribution in [0.4, 0.5) is 0 Å². The van der Waals surface area contributed by atoms with Gasteiger partial charge in [0.05, 0.1) is 7.11 Å². The second kappa shape index (κ2) is 5.00. The zero-order valence-electron chi connectivity index (χ0n) is 8.03. The van der Waals surface area contributed by atoms with Crippen LogP contribution in [-0.2, 0) is 4.74 Å². The molecule has 1 nitrogen and oxygen atoms in total. The number of methoxy groups -OCH3 is 1. The van der Waals surface area contributed by atoms with Crippen molar-refractivity contribution in [2.45, 2.75) is 33.6 Å². The number of rotatable bonds is 4. The minimum Gasteiger partial charge on any atom is -0.497 e. The third kappa shape index (κ3) is 3.26. The minimum absolute atomic E-state index is 0.965. The van der Waals surface area contributed by atoms with Crippen molar-refractivity contribution < 1.29 is 4.74 Å². The van der Waals surface area contributed by atoms with E-state index in [9.17, 15) is 0 Å². The number of hydrogen-bond acceptors (Lipinski definition) is 1. The molecule has 0 saturated heterocycles. The fourth-order valence-corrected chi connectivity index (χ4v) is 1.12. The first-order valence-electron chi connectivity index (χ1n) is 4.03. The van der Waals surface area contributed by atoms with Gasteiger partial charge < -0.3 is 4.74 Å². The summed E-state index contributed by atoms with van der Waals surface area (Å²) in [4.78, 5) is 0. The maximum absolute atomic E-state index is 5.21. The first kappa shape index (κ1) is 10.3. The molecule has 0 unspecified atom stereocenters. The van der Waals surface area contributed by atoms with E-state index in [1.165, 1.54) is 5.57 Å². The molecule has 0 spiro atoms. The summed E-state index contributed by atoms with van der Waals surface area (Å²) in [5.74, 6) is 0.965. The molecular weight excluding hydrogens is 136 g/mol. The maximum atomic E-state index is 5.21. The largest absolute Gasteiger partial charge is 0.497 e. The normalized spacial score (nSPS) is 9.09. The Morgan fingerprint density at radius 3 is 2.18 bits per heavy atom. The molecule has 0 bridgehead atoms. The van der Waals surface area contributed by atoms with Crippen molar-refractivity contribution in [3.8, 4) is 0 Å². The average molecular weight is 154 g/mol. The van der Waals surface area contributed by atoms with E-state index < -0.39 is 0 Å². The number of hydrogen-bond donors (Lipinski definition) is 0. The van der Waals surface area contributed by atoms with Gasteiger partial charge in [0.15, 0.2) is 0 Å². The van der Waals surface area contributed by atoms with Gasteiger partial charge in [0.1, 0.15) is 5.76 Å². The summed E-state index contributed by atoms with van der Waals surface area (Å²) in [5, 5.41) is 0. The van der Waals surface area contributed by atoms with Crippen LogP contribution in [0.25, 0.3) is 0 Å². The Morgan fingerprint density at radius 2 is 1.91 bits per heavy atom. The van der Waals surface area contributed by atoms with E-state index in [1.54, 1.807) is 7.11 Å². The molecule has 0 rings (SSSR count). The van der Waals surface area contributed by atoms with Crippen LogP contribution < -0.4 is 0 Å². The summed E-state index contributed by atoms with van der Waals surface area (Å²) in [5.41, 5.74) is 2.31. The average Bonchev–Trinajstić information content (AvgIpc) is 1.88. The summed E-state index contributed by atoms with van der Waals surface area (Å²) >= 11 is 0. The van der Waals surface area contributed by atoms with Gasteiger partial charge in [-0.15, -0.1) is 0 Å². The van der Waals surface area contributed by atoms with Gasteiger partial charge in [0, 0.05) is 0 Å². The molecule has 11 heavy (non-hydrogen) atoms. The predicted molar refractivity (Wildman–Crippen MR) is 49.4 cm³/mol. The van der Waals surface area contributed by atoms with Crippen LogP contribution in [0, 0.1) is 0 Å². The smallest absolute Gasteiger partial charge is 0.120 e. The number of ether oxygens (including phenoxy) is 1. The van der Waals surface area contributed by atoms with Crippen molar-refractivity contribution in [3.63, 3.8) is 0 Å². The quantitative estimate of drug-likeness (QED) is 0.446. The van der Waals surface area contributed by atoms with Crippen molar-refractivity contribution in [1.29, 1.82) is 0 Å². The molecule has 1 heteroatoms. The molecule has 0 heterocycles. The number of allylic oxidation sites excluding steroid dienone is 2. The van der Waals surface area contributed by atoms with Crippen molar-refractivity contribution in [2.75, 3.05) is 7.11 Å². The molecular formula is C10H18O. The highest BCUT2D eigenvalue weighted by molar-refractivity contribution is 5.26. The van der Waals surface area contributed by atoms with Crippen LogP contribution in [0.15, 0.2) is 23.5 Å². The fourth-order valence-electron chi connectivity index (χ4n) is 1.12. The van der Waals surface area contributed by atoms with E-state index in [-0.39, 0.29) is 0 Å². The molecule has 0 aromatic heterocycles. The molecule has 0 radical (unpaired) electrons. The highest BCUT2D eigenvalue weighted by Gasteiger charge is 2.02. The Bertz CT molecular complexity index is 162. The highest BCUT2D eigenvalue weighted by atomic mass is 16.5. The Balaban J connectivity index is 4.28. The second-order valence-electron chi connectivity index (χ2n) is 2.89. The zero-order chi connectivity index (χ0) is 8.85. The van der Waals surface area contributed by atoms with Gasteiger partial charge in [0.25, 0.3) is 0 Å². The molecule has 0 saturated carbocycles. The molecule has 0 aliphatic heterocycles. The molecule has 0 aliphatic carbocycles. The standard InChI is InChI=1S/C10H18O/c1-6-7-9(4)10(11-5)8(2)3/h4,6-7H2,1-3,5H3. The summed E-state index contributed by atoms with van der Waals surface area (Å²) in [6.45, 7) is 10.2. The van der Waals surface area contributed by atoms with Crippen molar-refractivity contribution >= 4 is 0 Å². The molecule has 64 valence electrons. The van der Waals surface area contributed by atoms with Crippen molar-refractivity contribution in [3.05, 3.63) is 23.5 Å². The van der Waals surface area contributed by atoms with E-state index in [1.807, 2.05) is 13.8 Å². The Labute approximate surface area is 69.8 Å². The molecule has 0 N–H and O–H groups in total. The van der Waals surface area contributed by atoms with Crippen molar-refractivity contribution in [2.24, 2.45) is 0 Å². The van der Waals surface area contributed by atoms with Crippen LogP contribution in [0.3, 0.4) is 0 Å². The van der Waals surface area contributed by atoms with Gasteiger partial charge in [-0.25, -0.2) is 0 Å². The zero-order valence-corrected chi connectivity index (χ0v) is 8.03. The van der Waals surface area contributed by atoms with Gasteiger partial charge in [0.2, 0.25) is 0 Å². The summed E-state index contributed by atoms with van der Waals surface area (Å²) in [6, 6.07) is 0. The lowest BCUT2D eigenvalue weighted by atomic mass is 10.1. The lowest BCUT2D eigenvalue weighted by molar-refractivity contribution is 0.294. The first-order chi connectivity index (χ1) is 5.13. The van der Waals surface area contributed by atoms with Crippen LogP contribution in [0.5, 0.6) is 0 Å². The van der Waals surface area contributed by atoms with Crippen LogP contribution in [0.1, 0.15) is 33.6 Å². The Kier molecular flexibility index (Phi) is 4.67. The highest BCUT2D eigenvalue weighted by Crippen LogP contribution is 2.17. The monoisotopic (exact) mass is 154 g/mol. The minimum atomic E-state index is 0.965. The SMILES string of the molecule is C=C(CCC)C(OC)=C(C)C. The fraction of sp³-hybridized carbons (Fsp3) is 0.600. The lowest BCUT2D eigenvalue weighted by Crippen LogP contribution is -1.93. The summed E-state index contributed by atoms with van der Waals surface area (Å²) in [6.07, 6.45) is 2.15. The van der Waals surface area contributed by atoms with Gasteiger partial charge >= 0.3 is 0 Å². The Hall–Kier alpha value is -0.720. The van der Waals surface area contributed by atoms with E-state index >= 15 is 0 Å². The lowest BCUT2D eigenvalue weighted by Gasteiger charge is -2.10. The predicted octanol–water partition coefficient (Wildman–Crippen LogP) is 3.28. The molecule has 0 atom stereocenters. The summed E-state index contributed by atoms with van der Waals surface area (Å²) < 4.78 is 5.21. The van der Waals surface area contributed by atoms with Crippen LogP contribution in [-0.4, -0.2) is 7.11 Å².